The van der Waals surface area contributed by atoms with Crippen molar-refractivity contribution in [1.82, 2.24) is 9.88 Å². The van der Waals surface area contributed by atoms with Crippen molar-refractivity contribution in [3.63, 3.8) is 0 Å². The molecule has 0 radical (unpaired) electrons. The standard InChI is InChI=1S/C17H26N2O4S/c1-17(2,3)23-16(21)19-8-4-5-13(11-19)6-9-22-12-14(20)15-18-7-10-24-15/h7,10,13H,4-6,8-9,11-12H2,1-3H3/t13-/m1/s1. The summed E-state index contributed by atoms with van der Waals surface area (Å²) in [6, 6.07) is 0. The van der Waals surface area contributed by atoms with E-state index in [1.54, 1.807) is 16.5 Å². The number of amides is 1. The van der Waals surface area contributed by atoms with Gasteiger partial charge in [-0.15, -0.1) is 11.3 Å². The quantitative estimate of drug-likeness (QED) is 0.579. The van der Waals surface area contributed by atoms with Gasteiger partial charge in [-0.1, -0.05) is 0 Å². The minimum atomic E-state index is -0.469. The second kappa shape index (κ2) is 8.58. The Morgan fingerprint density at radius 3 is 2.88 bits per heavy atom. The van der Waals surface area contributed by atoms with E-state index in [2.05, 4.69) is 4.98 Å². The van der Waals surface area contributed by atoms with E-state index in [0.717, 1.165) is 25.8 Å². The van der Waals surface area contributed by atoms with E-state index in [-0.39, 0.29) is 18.5 Å². The Hall–Kier alpha value is -1.47. The number of thiazole rings is 1. The average molecular weight is 354 g/mol. The van der Waals surface area contributed by atoms with Crippen molar-refractivity contribution in [2.45, 2.75) is 45.6 Å². The molecule has 0 aromatic carbocycles. The molecule has 2 rings (SSSR count). The van der Waals surface area contributed by atoms with Crippen LogP contribution in [0, 0.1) is 5.92 Å². The molecule has 2 heterocycles. The molecular weight excluding hydrogens is 328 g/mol. The highest BCUT2D eigenvalue weighted by Crippen LogP contribution is 2.21. The van der Waals surface area contributed by atoms with Gasteiger partial charge in [0.25, 0.3) is 0 Å². The number of hydrogen-bond donors (Lipinski definition) is 0. The molecular formula is C17H26N2O4S. The summed E-state index contributed by atoms with van der Waals surface area (Å²) in [7, 11) is 0. The minimum Gasteiger partial charge on any atom is -0.444 e. The first kappa shape index (κ1) is 18.9. The zero-order chi connectivity index (χ0) is 17.6. The number of carbonyl (C=O) groups excluding carboxylic acids is 2. The number of rotatable bonds is 6. The van der Waals surface area contributed by atoms with Gasteiger partial charge in [0.1, 0.15) is 12.2 Å². The summed E-state index contributed by atoms with van der Waals surface area (Å²) in [5.41, 5.74) is -0.469. The number of hydrogen-bond acceptors (Lipinski definition) is 6. The van der Waals surface area contributed by atoms with Crippen LogP contribution in [0.5, 0.6) is 0 Å². The highest BCUT2D eigenvalue weighted by molar-refractivity contribution is 7.11. The summed E-state index contributed by atoms with van der Waals surface area (Å²) in [5.74, 6) is 0.310. The van der Waals surface area contributed by atoms with Crippen molar-refractivity contribution in [2.24, 2.45) is 5.92 Å². The third kappa shape index (κ3) is 6.20. The van der Waals surface area contributed by atoms with Crippen LogP contribution in [0.15, 0.2) is 11.6 Å². The maximum absolute atomic E-state index is 12.1. The molecule has 24 heavy (non-hydrogen) atoms. The molecule has 0 unspecified atom stereocenters. The summed E-state index contributed by atoms with van der Waals surface area (Å²) in [6.45, 7) is 7.65. The average Bonchev–Trinajstić information content (AvgIpc) is 3.04. The Bertz CT molecular complexity index is 539. The predicted octanol–water partition coefficient (Wildman–Crippen LogP) is 3.38. The number of aromatic nitrogens is 1. The number of nitrogens with zero attached hydrogens (tertiary/aromatic N) is 2. The zero-order valence-corrected chi connectivity index (χ0v) is 15.4. The first-order valence-corrected chi connectivity index (χ1v) is 9.21. The van der Waals surface area contributed by atoms with E-state index in [1.807, 2.05) is 20.8 Å². The van der Waals surface area contributed by atoms with Crippen LogP contribution in [0.25, 0.3) is 0 Å². The molecule has 1 atom stereocenters. The van der Waals surface area contributed by atoms with Crippen molar-refractivity contribution in [3.05, 3.63) is 16.6 Å². The molecule has 1 fully saturated rings. The largest absolute Gasteiger partial charge is 0.444 e. The van der Waals surface area contributed by atoms with Gasteiger partial charge in [0.2, 0.25) is 5.78 Å². The van der Waals surface area contributed by atoms with Gasteiger partial charge < -0.3 is 14.4 Å². The Morgan fingerprint density at radius 1 is 1.42 bits per heavy atom. The van der Waals surface area contributed by atoms with Crippen LogP contribution in [0.3, 0.4) is 0 Å². The van der Waals surface area contributed by atoms with E-state index in [0.29, 0.717) is 24.1 Å². The monoisotopic (exact) mass is 354 g/mol. The first-order chi connectivity index (χ1) is 11.3. The fourth-order valence-corrected chi connectivity index (χ4v) is 3.19. The lowest BCUT2D eigenvalue weighted by atomic mass is 9.95. The molecule has 6 nitrogen and oxygen atoms in total. The zero-order valence-electron chi connectivity index (χ0n) is 14.6. The maximum atomic E-state index is 12.1. The Labute approximate surface area is 147 Å². The lowest BCUT2D eigenvalue weighted by Crippen LogP contribution is -2.43. The molecule has 1 aliphatic rings. The molecule has 0 aliphatic carbocycles. The van der Waals surface area contributed by atoms with Gasteiger partial charge in [0.15, 0.2) is 5.01 Å². The van der Waals surface area contributed by atoms with Crippen molar-refractivity contribution in [1.29, 1.82) is 0 Å². The molecule has 0 N–H and O–H groups in total. The SMILES string of the molecule is CC(C)(C)OC(=O)N1CCC[C@H](CCOCC(=O)c2nccs2)C1. The van der Waals surface area contributed by atoms with Crippen LogP contribution in [0.2, 0.25) is 0 Å². The normalized spacial score (nSPS) is 18.5. The van der Waals surface area contributed by atoms with Crippen molar-refractivity contribution >= 4 is 23.2 Å². The highest BCUT2D eigenvalue weighted by Gasteiger charge is 2.27. The topological polar surface area (TPSA) is 68.7 Å². The number of ketones is 1. The minimum absolute atomic E-state index is 0.0655. The first-order valence-electron chi connectivity index (χ1n) is 8.33. The van der Waals surface area contributed by atoms with Crippen LogP contribution in [-0.2, 0) is 9.47 Å². The van der Waals surface area contributed by atoms with E-state index in [1.165, 1.54) is 11.3 Å². The lowest BCUT2D eigenvalue weighted by molar-refractivity contribution is 0.0141. The Morgan fingerprint density at radius 2 is 2.21 bits per heavy atom. The third-order valence-corrected chi connectivity index (χ3v) is 4.56. The smallest absolute Gasteiger partial charge is 0.410 e. The number of carbonyl (C=O) groups is 2. The number of piperidine rings is 1. The van der Waals surface area contributed by atoms with Crippen molar-refractivity contribution in [2.75, 3.05) is 26.3 Å². The molecule has 134 valence electrons. The number of Topliss-reactive ketones (excluding diaryl/α,β-unsaturated/α-hetero) is 1. The Kier molecular flexibility index (Phi) is 6.74. The molecule has 1 aliphatic heterocycles. The van der Waals surface area contributed by atoms with Crippen LogP contribution >= 0.6 is 11.3 Å². The van der Waals surface area contributed by atoms with Crippen LogP contribution in [-0.4, -0.2) is 53.7 Å². The fourth-order valence-electron chi connectivity index (χ4n) is 2.63. The highest BCUT2D eigenvalue weighted by atomic mass is 32.1. The molecule has 1 saturated heterocycles. The Balaban J connectivity index is 1.67. The second-order valence-electron chi connectivity index (χ2n) is 7.04. The van der Waals surface area contributed by atoms with Gasteiger partial charge in [-0.2, -0.15) is 0 Å². The van der Waals surface area contributed by atoms with Gasteiger partial charge in [-0.3, -0.25) is 4.79 Å². The summed E-state index contributed by atoms with van der Waals surface area (Å²) >= 11 is 1.33. The van der Waals surface area contributed by atoms with Gasteiger partial charge >= 0.3 is 6.09 Å². The lowest BCUT2D eigenvalue weighted by Gasteiger charge is -2.34. The molecule has 1 aromatic heterocycles. The summed E-state index contributed by atoms with van der Waals surface area (Å²) in [4.78, 5) is 29.7. The second-order valence-corrected chi connectivity index (χ2v) is 7.93. The van der Waals surface area contributed by atoms with Crippen LogP contribution in [0.1, 0.15) is 49.8 Å². The van der Waals surface area contributed by atoms with E-state index >= 15 is 0 Å². The van der Waals surface area contributed by atoms with Crippen molar-refractivity contribution in [3.8, 4) is 0 Å². The molecule has 0 bridgehead atoms. The predicted molar refractivity (Wildman–Crippen MR) is 92.4 cm³/mol. The molecule has 0 saturated carbocycles. The van der Waals surface area contributed by atoms with Crippen LogP contribution < -0.4 is 0 Å². The van der Waals surface area contributed by atoms with Gasteiger partial charge in [0, 0.05) is 31.3 Å². The molecule has 1 amide bonds. The number of likely N-dealkylation sites (tertiary alicyclic amines) is 1. The van der Waals surface area contributed by atoms with Crippen molar-refractivity contribution < 1.29 is 19.1 Å². The summed E-state index contributed by atoms with van der Waals surface area (Å²) in [5, 5.41) is 2.27. The van der Waals surface area contributed by atoms with Crippen LogP contribution in [0.4, 0.5) is 4.79 Å². The maximum Gasteiger partial charge on any atom is 0.410 e. The number of ether oxygens (including phenoxy) is 2. The summed E-state index contributed by atoms with van der Waals surface area (Å²) < 4.78 is 10.9. The van der Waals surface area contributed by atoms with E-state index in [9.17, 15) is 9.59 Å². The molecule has 0 spiro atoms. The third-order valence-electron chi connectivity index (χ3n) is 3.75. The molecule has 1 aromatic rings. The van der Waals surface area contributed by atoms with E-state index in [4.69, 9.17) is 9.47 Å². The summed E-state index contributed by atoms with van der Waals surface area (Å²) in [6.07, 6.45) is 4.26. The fraction of sp³-hybridized carbons (Fsp3) is 0.706. The van der Waals surface area contributed by atoms with E-state index < -0.39 is 5.60 Å². The molecule has 7 heteroatoms. The van der Waals surface area contributed by atoms with Gasteiger partial charge in [0.05, 0.1) is 0 Å². The van der Waals surface area contributed by atoms with Gasteiger partial charge in [-0.05, 0) is 46.0 Å². The van der Waals surface area contributed by atoms with Gasteiger partial charge in [-0.25, -0.2) is 9.78 Å².